The maximum absolute atomic E-state index is 5.73. The smallest absolute Gasteiger partial charge is 0.0587 e. The third kappa shape index (κ3) is 2.57. The van der Waals surface area contributed by atoms with Crippen LogP contribution in [0.5, 0.6) is 0 Å². The number of hydrogen-bond acceptors (Lipinski definition) is 2. The average molecular weight is 332 g/mol. The first-order chi connectivity index (χ1) is 12.3. The zero-order chi connectivity index (χ0) is 17.3. The van der Waals surface area contributed by atoms with Crippen molar-refractivity contribution in [1.29, 1.82) is 0 Å². The fourth-order valence-corrected chi connectivity index (χ4v) is 4.63. The molecular weight excluding hydrogens is 308 g/mol. The molecule has 0 N–H and O–H groups in total. The maximum Gasteiger partial charge on any atom is 0.0587 e. The first-order valence-electron chi connectivity index (χ1n) is 8.84. The quantitative estimate of drug-likeness (QED) is 0.651. The van der Waals surface area contributed by atoms with Crippen molar-refractivity contribution in [2.75, 3.05) is 27.4 Å². The first-order valence-corrected chi connectivity index (χ1v) is 8.84. The van der Waals surface area contributed by atoms with E-state index in [4.69, 9.17) is 9.47 Å². The van der Waals surface area contributed by atoms with Crippen LogP contribution >= 0.6 is 0 Å². The van der Waals surface area contributed by atoms with Gasteiger partial charge >= 0.3 is 0 Å². The van der Waals surface area contributed by atoms with Gasteiger partial charge in [-0.25, -0.2) is 0 Å². The number of methoxy groups -OCH3 is 2. The van der Waals surface area contributed by atoms with Crippen LogP contribution in [-0.2, 0) is 21.3 Å². The van der Waals surface area contributed by atoms with Gasteiger partial charge in [-0.05, 0) is 33.9 Å². The summed E-state index contributed by atoms with van der Waals surface area (Å²) >= 11 is 0. The van der Waals surface area contributed by atoms with Crippen molar-refractivity contribution in [3.05, 3.63) is 83.4 Å². The zero-order valence-electron chi connectivity index (χ0n) is 14.9. The molecule has 0 aromatic heterocycles. The van der Waals surface area contributed by atoms with E-state index in [0.717, 1.165) is 6.42 Å². The zero-order valence-corrected chi connectivity index (χ0v) is 14.9. The molecule has 0 saturated carbocycles. The van der Waals surface area contributed by atoms with Gasteiger partial charge in [0.25, 0.3) is 0 Å². The normalized spacial score (nSPS) is 17.9. The number of benzene rings is 3. The van der Waals surface area contributed by atoms with E-state index in [1.165, 1.54) is 27.5 Å². The van der Waals surface area contributed by atoms with Gasteiger partial charge in [-0.2, -0.15) is 0 Å². The first kappa shape index (κ1) is 16.3. The Hall–Kier alpha value is -2.16. The summed E-state index contributed by atoms with van der Waals surface area (Å²) in [6.07, 6.45) is 0.987. The van der Waals surface area contributed by atoms with Gasteiger partial charge in [0.05, 0.1) is 13.2 Å². The Morgan fingerprint density at radius 2 is 1.48 bits per heavy atom. The highest BCUT2D eigenvalue weighted by atomic mass is 16.5. The second-order valence-electron chi connectivity index (χ2n) is 7.02. The summed E-state index contributed by atoms with van der Waals surface area (Å²) in [7, 11) is 3.58. The van der Waals surface area contributed by atoms with Crippen molar-refractivity contribution in [3.63, 3.8) is 0 Å². The predicted molar refractivity (Wildman–Crippen MR) is 102 cm³/mol. The lowest BCUT2D eigenvalue weighted by Gasteiger charge is -2.36. The molecule has 0 aliphatic heterocycles. The minimum Gasteiger partial charge on any atom is -0.384 e. The molecule has 0 amide bonds. The molecule has 0 heterocycles. The molecule has 0 radical (unpaired) electrons. The summed E-state index contributed by atoms with van der Waals surface area (Å²) in [6.45, 7) is 1.32. The largest absolute Gasteiger partial charge is 0.384 e. The number of ether oxygens (including phenoxy) is 2. The van der Waals surface area contributed by atoms with Crippen LogP contribution in [0.3, 0.4) is 0 Å². The van der Waals surface area contributed by atoms with Gasteiger partial charge in [-0.1, -0.05) is 66.7 Å². The predicted octanol–water partition coefficient (Wildman–Crippen LogP) is 4.71. The minimum absolute atomic E-state index is 0.150. The van der Waals surface area contributed by atoms with Crippen molar-refractivity contribution in [3.8, 4) is 0 Å². The maximum atomic E-state index is 5.73. The third-order valence-electron chi connectivity index (χ3n) is 5.60. The molecule has 0 fully saturated rings. The van der Waals surface area contributed by atoms with Crippen LogP contribution in [0.2, 0.25) is 0 Å². The van der Waals surface area contributed by atoms with Gasteiger partial charge in [0, 0.05) is 25.6 Å². The Morgan fingerprint density at radius 3 is 2.16 bits per heavy atom. The van der Waals surface area contributed by atoms with Gasteiger partial charge in [-0.3, -0.25) is 0 Å². The van der Waals surface area contributed by atoms with Crippen LogP contribution in [0.25, 0.3) is 10.8 Å². The van der Waals surface area contributed by atoms with Crippen molar-refractivity contribution in [1.82, 2.24) is 0 Å². The van der Waals surface area contributed by atoms with E-state index in [1.807, 2.05) is 0 Å². The highest BCUT2D eigenvalue weighted by Crippen LogP contribution is 2.52. The highest BCUT2D eigenvalue weighted by molar-refractivity contribution is 5.93. The highest BCUT2D eigenvalue weighted by Gasteiger charge is 2.47. The van der Waals surface area contributed by atoms with Gasteiger partial charge in [-0.15, -0.1) is 0 Å². The monoisotopic (exact) mass is 332 g/mol. The van der Waals surface area contributed by atoms with Gasteiger partial charge in [0.2, 0.25) is 0 Å². The van der Waals surface area contributed by atoms with Crippen LogP contribution in [0, 0.1) is 0 Å². The minimum atomic E-state index is -0.150. The molecule has 1 unspecified atom stereocenters. The molecule has 2 nitrogen and oxygen atoms in total. The fraction of sp³-hybridized carbons (Fsp3) is 0.304. The second kappa shape index (κ2) is 6.62. The summed E-state index contributed by atoms with van der Waals surface area (Å²) in [5, 5.41) is 2.70. The van der Waals surface area contributed by atoms with E-state index in [2.05, 4.69) is 66.7 Å². The van der Waals surface area contributed by atoms with Gasteiger partial charge in [0.15, 0.2) is 0 Å². The molecule has 0 bridgehead atoms. The Bertz CT molecular complexity index is 858. The Kier molecular flexibility index (Phi) is 4.32. The van der Waals surface area contributed by atoms with Crippen LogP contribution in [-0.4, -0.2) is 27.4 Å². The van der Waals surface area contributed by atoms with E-state index < -0.39 is 0 Å². The van der Waals surface area contributed by atoms with Gasteiger partial charge in [0.1, 0.15) is 0 Å². The summed E-state index contributed by atoms with van der Waals surface area (Å²) < 4.78 is 11.5. The molecular formula is C23H24O2. The van der Waals surface area contributed by atoms with E-state index in [1.54, 1.807) is 14.2 Å². The van der Waals surface area contributed by atoms with Crippen molar-refractivity contribution in [2.45, 2.75) is 17.8 Å². The van der Waals surface area contributed by atoms with Crippen LogP contribution in [0.4, 0.5) is 0 Å². The molecule has 1 atom stereocenters. The molecule has 1 aliphatic rings. The van der Waals surface area contributed by atoms with E-state index >= 15 is 0 Å². The average Bonchev–Trinajstić information content (AvgIpc) is 2.89. The number of rotatable bonds is 6. The lowest BCUT2D eigenvalue weighted by atomic mass is 9.72. The second-order valence-corrected chi connectivity index (χ2v) is 7.02. The molecule has 1 aliphatic carbocycles. The molecule has 4 rings (SSSR count). The molecule has 0 spiro atoms. The summed E-state index contributed by atoms with van der Waals surface area (Å²) in [5.74, 6) is 0.343. The van der Waals surface area contributed by atoms with Crippen molar-refractivity contribution >= 4 is 10.8 Å². The number of hydrogen-bond donors (Lipinski definition) is 0. The Labute approximate surface area is 149 Å². The Morgan fingerprint density at radius 1 is 0.800 bits per heavy atom. The van der Waals surface area contributed by atoms with E-state index in [0.29, 0.717) is 19.1 Å². The summed E-state index contributed by atoms with van der Waals surface area (Å²) in [4.78, 5) is 0. The summed E-state index contributed by atoms with van der Waals surface area (Å²) in [6, 6.07) is 24.0. The van der Waals surface area contributed by atoms with Crippen LogP contribution in [0.1, 0.15) is 22.6 Å². The standard InChI is InChI=1S/C23H24O2/c1-24-15-23(16-25-2)20-13-7-11-18-10-6-12-19(22(18)20)21(23)14-17-8-4-3-5-9-17/h3-13,21H,14-16H2,1-2H3. The van der Waals surface area contributed by atoms with Crippen molar-refractivity contribution < 1.29 is 9.47 Å². The van der Waals surface area contributed by atoms with Crippen LogP contribution in [0.15, 0.2) is 66.7 Å². The summed E-state index contributed by atoms with van der Waals surface area (Å²) in [5.41, 5.74) is 3.99. The lowest BCUT2D eigenvalue weighted by molar-refractivity contribution is 0.0471. The fourth-order valence-electron chi connectivity index (χ4n) is 4.63. The molecule has 0 saturated heterocycles. The van der Waals surface area contributed by atoms with E-state index in [-0.39, 0.29) is 5.41 Å². The van der Waals surface area contributed by atoms with Crippen LogP contribution < -0.4 is 0 Å². The molecule has 25 heavy (non-hydrogen) atoms. The van der Waals surface area contributed by atoms with E-state index in [9.17, 15) is 0 Å². The molecule has 3 aromatic rings. The third-order valence-corrected chi connectivity index (χ3v) is 5.60. The van der Waals surface area contributed by atoms with Crippen molar-refractivity contribution in [2.24, 2.45) is 0 Å². The Balaban J connectivity index is 1.91. The SMILES string of the molecule is COCC1(COC)c2cccc3cccc(c23)C1Cc1ccccc1. The molecule has 3 aromatic carbocycles. The van der Waals surface area contributed by atoms with Gasteiger partial charge < -0.3 is 9.47 Å². The molecule has 128 valence electrons. The topological polar surface area (TPSA) is 18.5 Å². The molecule has 2 heteroatoms. The lowest BCUT2D eigenvalue weighted by Crippen LogP contribution is -2.40.